The Labute approximate surface area is 103 Å². The molecular formula is C12H13BrFNO. The topological polar surface area (TPSA) is 21.3 Å². The van der Waals surface area contributed by atoms with E-state index in [0.29, 0.717) is 11.0 Å². The minimum absolute atomic E-state index is 0.178. The number of ether oxygens (including phenoxy) is 1. The summed E-state index contributed by atoms with van der Waals surface area (Å²) in [6.07, 6.45) is 5.97. The van der Waals surface area contributed by atoms with Crippen molar-refractivity contribution in [3.63, 3.8) is 0 Å². The van der Waals surface area contributed by atoms with E-state index in [1.807, 2.05) is 12.1 Å². The summed E-state index contributed by atoms with van der Waals surface area (Å²) in [7, 11) is 0. The zero-order valence-electron chi connectivity index (χ0n) is 8.75. The first-order chi connectivity index (χ1) is 7.75. The third-order valence-corrected chi connectivity index (χ3v) is 3.12. The van der Waals surface area contributed by atoms with Crippen molar-refractivity contribution in [1.29, 1.82) is 0 Å². The van der Waals surface area contributed by atoms with E-state index in [9.17, 15) is 4.39 Å². The molecule has 1 aliphatic heterocycles. The number of anilines is 1. The van der Waals surface area contributed by atoms with Gasteiger partial charge in [0.2, 0.25) is 0 Å². The van der Waals surface area contributed by atoms with Crippen molar-refractivity contribution >= 4 is 21.6 Å². The van der Waals surface area contributed by atoms with Crippen LogP contribution in [0.1, 0.15) is 12.8 Å². The van der Waals surface area contributed by atoms with Crippen LogP contribution in [-0.2, 0) is 4.74 Å². The van der Waals surface area contributed by atoms with Crippen LogP contribution in [0.3, 0.4) is 0 Å². The molecule has 1 atom stereocenters. The Morgan fingerprint density at radius 2 is 2.38 bits per heavy atom. The van der Waals surface area contributed by atoms with Crippen LogP contribution in [0.5, 0.6) is 0 Å². The zero-order chi connectivity index (χ0) is 11.4. The molecule has 1 aromatic carbocycles. The summed E-state index contributed by atoms with van der Waals surface area (Å²) in [5.41, 5.74) is 0.777. The van der Waals surface area contributed by atoms with Crippen molar-refractivity contribution in [2.45, 2.75) is 18.9 Å². The Hall–Kier alpha value is -1.03. The second kappa shape index (κ2) is 5.34. The van der Waals surface area contributed by atoms with E-state index in [1.165, 1.54) is 6.07 Å². The fourth-order valence-corrected chi connectivity index (χ4v) is 1.82. The number of hydrogen-bond acceptors (Lipinski definition) is 2. The van der Waals surface area contributed by atoms with Crippen LogP contribution in [0.15, 0.2) is 35.0 Å². The molecule has 0 saturated heterocycles. The monoisotopic (exact) mass is 285 g/mol. The molecular weight excluding hydrogens is 273 g/mol. The van der Waals surface area contributed by atoms with E-state index in [1.54, 1.807) is 12.3 Å². The van der Waals surface area contributed by atoms with Crippen molar-refractivity contribution in [2.75, 3.05) is 11.9 Å². The van der Waals surface area contributed by atoms with E-state index in [-0.39, 0.29) is 11.9 Å². The number of rotatable bonds is 3. The lowest BCUT2D eigenvalue weighted by molar-refractivity contribution is 0.135. The summed E-state index contributed by atoms with van der Waals surface area (Å²) in [5.74, 6) is -0.255. The molecule has 0 radical (unpaired) electrons. The zero-order valence-corrected chi connectivity index (χ0v) is 10.3. The average Bonchev–Trinajstić information content (AvgIpc) is 2.32. The molecule has 4 heteroatoms. The highest BCUT2D eigenvalue weighted by Crippen LogP contribution is 2.20. The Balaban J connectivity index is 1.89. The molecule has 0 aliphatic carbocycles. The normalized spacial score (nSPS) is 19.2. The van der Waals surface area contributed by atoms with Gasteiger partial charge in [-0.1, -0.05) is 0 Å². The van der Waals surface area contributed by atoms with Crippen LogP contribution in [0.25, 0.3) is 0 Å². The van der Waals surface area contributed by atoms with Gasteiger partial charge in [0.25, 0.3) is 0 Å². The molecule has 2 nitrogen and oxygen atoms in total. The number of allylic oxidation sites excluding steroid dienone is 1. The maximum absolute atomic E-state index is 13.2. The predicted octanol–water partition coefficient (Wildman–Crippen LogP) is 3.69. The summed E-state index contributed by atoms with van der Waals surface area (Å²) in [5, 5.41) is 3.16. The molecule has 1 aliphatic rings. The van der Waals surface area contributed by atoms with Crippen LogP contribution >= 0.6 is 15.9 Å². The second-order valence-electron chi connectivity index (χ2n) is 3.72. The molecule has 0 aromatic heterocycles. The van der Waals surface area contributed by atoms with Gasteiger partial charge in [0.15, 0.2) is 0 Å². The van der Waals surface area contributed by atoms with Gasteiger partial charge in [0.1, 0.15) is 11.9 Å². The standard InChI is InChI=1S/C12H13BrFNO/c13-11-5-4-9(7-12(11)14)15-8-10-3-1-2-6-16-10/h2,4-7,10,15H,1,3,8H2. The molecule has 0 fully saturated rings. The summed E-state index contributed by atoms with van der Waals surface area (Å²) in [6, 6.07) is 5.01. The molecule has 1 aromatic rings. The quantitative estimate of drug-likeness (QED) is 0.915. The summed E-state index contributed by atoms with van der Waals surface area (Å²) in [6.45, 7) is 0.700. The van der Waals surface area contributed by atoms with E-state index >= 15 is 0 Å². The van der Waals surface area contributed by atoms with Gasteiger partial charge in [-0.05, 0) is 53.0 Å². The number of nitrogens with one attached hydrogen (secondary N) is 1. The molecule has 16 heavy (non-hydrogen) atoms. The fraction of sp³-hybridized carbons (Fsp3) is 0.333. The largest absolute Gasteiger partial charge is 0.497 e. The summed E-state index contributed by atoms with van der Waals surface area (Å²) >= 11 is 3.12. The van der Waals surface area contributed by atoms with Crippen LogP contribution < -0.4 is 5.32 Å². The minimum atomic E-state index is -0.255. The van der Waals surface area contributed by atoms with Crippen molar-refractivity contribution in [1.82, 2.24) is 0 Å². The summed E-state index contributed by atoms with van der Waals surface area (Å²) in [4.78, 5) is 0. The first-order valence-corrected chi connectivity index (χ1v) is 6.04. The van der Waals surface area contributed by atoms with Crippen LogP contribution in [0.4, 0.5) is 10.1 Å². The third-order valence-electron chi connectivity index (χ3n) is 2.48. The number of hydrogen-bond donors (Lipinski definition) is 1. The van der Waals surface area contributed by atoms with Crippen LogP contribution in [-0.4, -0.2) is 12.6 Å². The fourth-order valence-electron chi connectivity index (χ4n) is 1.57. The van der Waals surface area contributed by atoms with Gasteiger partial charge >= 0.3 is 0 Å². The molecule has 0 bridgehead atoms. The molecule has 1 heterocycles. The lowest BCUT2D eigenvalue weighted by Crippen LogP contribution is -2.22. The van der Waals surface area contributed by atoms with Gasteiger partial charge in [-0.25, -0.2) is 4.39 Å². The molecule has 86 valence electrons. The Kier molecular flexibility index (Phi) is 3.83. The smallest absolute Gasteiger partial charge is 0.139 e. The van der Waals surface area contributed by atoms with Crippen molar-refractivity contribution in [3.8, 4) is 0 Å². The molecule has 0 amide bonds. The van der Waals surface area contributed by atoms with Gasteiger partial charge in [-0.15, -0.1) is 0 Å². The lowest BCUT2D eigenvalue weighted by Gasteiger charge is -2.20. The maximum Gasteiger partial charge on any atom is 0.139 e. The van der Waals surface area contributed by atoms with E-state index in [0.717, 1.165) is 18.5 Å². The Morgan fingerprint density at radius 3 is 3.06 bits per heavy atom. The van der Waals surface area contributed by atoms with Gasteiger partial charge in [-0.3, -0.25) is 0 Å². The maximum atomic E-state index is 13.2. The van der Waals surface area contributed by atoms with Gasteiger partial charge in [-0.2, -0.15) is 0 Å². The van der Waals surface area contributed by atoms with Crippen LogP contribution in [0, 0.1) is 5.82 Å². The second-order valence-corrected chi connectivity index (χ2v) is 4.57. The highest BCUT2D eigenvalue weighted by molar-refractivity contribution is 9.10. The molecule has 2 rings (SSSR count). The van der Waals surface area contributed by atoms with Gasteiger partial charge in [0, 0.05) is 5.69 Å². The summed E-state index contributed by atoms with van der Waals surface area (Å²) < 4.78 is 19.1. The highest BCUT2D eigenvalue weighted by atomic mass is 79.9. The van der Waals surface area contributed by atoms with Gasteiger partial charge < -0.3 is 10.1 Å². The van der Waals surface area contributed by atoms with E-state index < -0.39 is 0 Å². The van der Waals surface area contributed by atoms with Crippen molar-refractivity contribution < 1.29 is 9.13 Å². The van der Waals surface area contributed by atoms with E-state index in [2.05, 4.69) is 21.2 Å². The first-order valence-electron chi connectivity index (χ1n) is 5.25. The first kappa shape index (κ1) is 11.5. The predicted molar refractivity (Wildman–Crippen MR) is 65.8 cm³/mol. The SMILES string of the molecule is Fc1cc(NCC2CCC=CO2)ccc1Br. The lowest BCUT2D eigenvalue weighted by atomic mass is 10.1. The van der Waals surface area contributed by atoms with Crippen molar-refractivity contribution in [3.05, 3.63) is 40.8 Å². The number of halogens is 2. The molecule has 0 spiro atoms. The van der Waals surface area contributed by atoms with Gasteiger partial charge in [0.05, 0.1) is 17.3 Å². The minimum Gasteiger partial charge on any atom is -0.497 e. The highest BCUT2D eigenvalue weighted by Gasteiger charge is 2.10. The van der Waals surface area contributed by atoms with E-state index in [4.69, 9.17) is 4.74 Å². The molecule has 1 N–H and O–H groups in total. The molecule has 1 unspecified atom stereocenters. The Morgan fingerprint density at radius 1 is 1.50 bits per heavy atom. The van der Waals surface area contributed by atoms with Crippen molar-refractivity contribution in [2.24, 2.45) is 0 Å². The third kappa shape index (κ3) is 2.98. The Bertz CT molecular complexity index is 395. The average molecular weight is 286 g/mol. The van der Waals surface area contributed by atoms with Crippen LogP contribution in [0.2, 0.25) is 0 Å². The number of benzene rings is 1. The molecule has 0 saturated carbocycles.